The van der Waals surface area contributed by atoms with E-state index in [1.165, 1.54) is 0 Å². The fraction of sp³-hybridized carbons (Fsp3) is 0.222. The molecule has 5 nitrogen and oxygen atoms in total. The number of aromatic carboxylic acids is 1. The van der Waals surface area contributed by atoms with E-state index in [0.717, 1.165) is 18.2 Å². The highest BCUT2D eigenvalue weighted by Crippen LogP contribution is 2.20. The van der Waals surface area contributed by atoms with Crippen molar-refractivity contribution >= 4 is 11.7 Å². The normalized spacial score (nSPS) is 10.1. The van der Waals surface area contributed by atoms with Gasteiger partial charge in [0.05, 0.1) is 24.4 Å². The molecule has 6 heteroatoms. The Labute approximate surface area is 84.9 Å². The Morgan fingerprint density at radius 1 is 1.47 bits per heavy atom. The van der Waals surface area contributed by atoms with E-state index < -0.39 is 11.8 Å². The van der Waals surface area contributed by atoms with Gasteiger partial charge >= 0.3 is 5.97 Å². The van der Waals surface area contributed by atoms with Crippen molar-refractivity contribution in [1.82, 2.24) is 0 Å². The van der Waals surface area contributed by atoms with E-state index in [4.69, 9.17) is 10.2 Å². The SMILES string of the molecule is O=C(O)c1ccc(F)cc1N(O)CCO. The van der Waals surface area contributed by atoms with Crippen LogP contribution in [0.4, 0.5) is 10.1 Å². The summed E-state index contributed by atoms with van der Waals surface area (Å²) in [6.07, 6.45) is 0. The fourth-order valence-electron chi connectivity index (χ4n) is 1.11. The Morgan fingerprint density at radius 2 is 2.13 bits per heavy atom. The summed E-state index contributed by atoms with van der Waals surface area (Å²) in [4.78, 5) is 10.7. The first kappa shape index (κ1) is 11.4. The lowest BCUT2D eigenvalue weighted by atomic mass is 10.1. The van der Waals surface area contributed by atoms with Crippen molar-refractivity contribution in [3.63, 3.8) is 0 Å². The van der Waals surface area contributed by atoms with Crippen molar-refractivity contribution in [3.8, 4) is 0 Å². The van der Waals surface area contributed by atoms with Crippen LogP contribution in [0.15, 0.2) is 18.2 Å². The number of halogens is 1. The van der Waals surface area contributed by atoms with Gasteiger partial charge in [0.15, 0.2) is 0 Å². The van der Waals surface area contributed by atoms with Crippen molar-refractivity contribution in [1.29, 1.82) is 0 Å². The third kappa shape index (κ3) is 2.64. The van der Waals surface area contributed by atoms with E-state index in [0.29, 0.717) is 5.06 Å². The van der Waals surface area contributed by atoms with Gasteiger partial charge in [-0.3, -0.25) is 10.3 Å². The van der Waals surface area contributed by atoms with Crippen LogP contribution >= 0.6 is 0 Å². The van der Waals surface area contributed by atoms with Gasteiger partial charge in [0.25, 0.3) is 0 Å². The third-order valence-electron chi connectivity index (χ3n) is 1.78. The maximum Gasteiger partial charge on any atom is 0.337 e. The molecule has 0 unspecified atom stereocenters. The largest absolute Gasteiger partial charge is 0.478 e. The molecule has 3 N–H and O–H groups in total. The molecule has 0 radical (unpaired) electrons. The second kappa shape index (κ2) is 4.72. The van der Waals surface area contributed by atoms with Crippen LogP contribution in [-0.2, 0) is 0 Å². The molecule has 1 rings (SSSR count). The molecule has 0 atom stereocenters. The average Bonchev–Trinajstić information content (AvgIpc) is 2.17. The molecule has 0 aliphatic heterocycles. The number of carboxylic acid groups (broad SMARTS) is 1. The predicted molar refractivity (Wildman–Crippen MR) is 49.6 cm³/mol. The number of benzene rings is 1. The summed E-state index contributed by atoms with van der Waals surface area (Å²) in [6.45, 7) is -0.560. The Bertz CT molecular complexity index is 369. The summed E-state index contributed by atoms with van der Waals surface area (Å²) in [5.41, 5.74) is -0.413. The topological polar surface area (TPSA) is 81.0 Å². The zero-order valence-corrected chi connectivity index (χ0v) is 7.72. The number of anilines is 1. The van der Waals surface area contributed by atoms with Gasteiger partial charge in [-0.15, -0.1) is 0 Å². The van der Waals surface area contributed by atoms with E-state index in [2.05, 4.69) is 0 Å². The van der Waals surface area contributed by atoms with Gasteiger partial charge in [0.1, 0.15) is 5.82 Å². The van der Waals surface area contributed by atoms with Crippen molar-refractivity contribution in [2.24, 2.45) is 0 Å². The molecule has 0 heterocycles. The van der Waals surface area contributed by atoms with Gasteiger partial charge in [-0.25, -0.2) is 9.18 Å². The van der Waals surface area contributed by atoms with Crippen LogP contribution in [0.5, 0.6) is 0 Å². The quantitative estimate of drug-likeness (QED) is 0.644. The lowest BCUT2D eigenvalue weighted by Crippen LogP contribution is -2.24. The molecule has 82 valence electrons. The molecule has 0 aliphatic carbocycles. The number of aliphatic hydroxyl groups is 1. The Kier molecular flexibility index (Phi) is 3.59. The number of hydrogen-bond acceptors (Lipinski definition) is 4. The molecule has 1 aromatic rings. The highest BCUT2D eigenvalue weighted by molar-refractivity contribution is 5.94. The molecule has 0 saturated carbocycles. The summed E-state index contributed by atoms with van der Waals surface area (Å²) in [5.74, 6) is -1.94. The fourth-order valence-corrected chi connectivity index (χ4v) is 1.11. The standard InChI is InChI=1S/C9H10FNO4/c10-6-1-2-7(9(13)14)8(5-6)11(15)3-4-12/h1-2,5,12,15H,3-4H2,(H,13,14). The number of hydrogen-bond donors (Lipinski definition) is 3. The number of aliphatic hydroxyl groups excluding tert-OH is 1. The highest BCUT2D eigenvalue weighted by atomic mass is 19.1. The summed E-state index contributed by atoms with van der Waals surface area (Å²) >= 11 is 0. The van der Waals surface area contributed by atoms with Gasteiger partial charge in [-0.1, -0.05) is 0 Å². The van der Waals surface area contributed by atoms with Crippen LogP contribution in [0, 0.1) is 5.82 Å². The Balaban J connectivity index is 3.12. The van der Waals surface area contributed by atoms with E-state index in [-0.39, 0.29) is 24.4 Å². The van der Waals surface area contributed by atoms with Crippen LogP contribution in [0.2, 0.25) is 0 Å². The first-order valence-electron chi connectivity index (χ1n) is 4.16. The summed E-state index contributed by atoms with van der Waals surface area (Å²) in [7, 11) is 0. The zero-order valence-electron chi connectivity index (χ0n) is 7.72. The molecule has 0 aliphatic rings. The Morgan fingerprint density at radius 3 is 2.67 bits per heavy atom. The molecule has 0 amide bonds. The molecule has 0 spiro atoms. The van der Waals surface area contributed by atoms with Crippen LogP contribution in [0.3, 0.4) is 0 Å². The minimum absolute atomic E-state index is 0.184. The second-order valence-corrected chi connectivity index (χ2v) is 2.81. The predicted octanol–water partition coefficient (Wildman–Crippen LogP) is 0.712. The van der Waals surface area contributed by atoms with Gasteiger partial charge in [0, 0.05) is 6.07 Å². The molecule has 0 bridgehead atoms. The van der Waals surface area contributed by atoms with Gasteiger partial charge in [-0.05, 0) is 12.1 Å². The smallest absolute Gasteiger partial charge is 0.337 e. The number of hydroxylamine groups is 1. The van der Waals surface area contributed by atoms with Crippen molar-refractivity contribution in [3.05, 3.63) is 29.6 Å². The summed E-state index contributed by atoms with van der Waals surface area (Å²) in [5, 5.41) is 27.1. The lowest BCUT2D eigenvalue weighted by molar-refractivity contribution is 0.0695. The van der Waals surface area contributed by atoms with Crippen LogP contribution in [0.25, 0.3) is 0 Å². The molecule has 0 fully saturated rings. The van der Waals surface area contributed by atoms with E-state index in [9.17, 15) is 14.4 Å². The third-order valence-corrected chi connectivity index (χ3v) is 1.78. The lowest BCUT2D eigenvalue weighted by Gasteiger charge is -2.17. The van der Waals surface area contributed by atoms with E-state index in [1.807, 2.05) is 0 Å². The van der Waals surface area contributed by atoms with E-state index >= 15 is 0 Å². The number of carboxylic acids is 1. The molecule has 1 aromatic carbocycles. The van der Waals surface area contributed by atoms with Gasteiger partial charge in [-0.2, -0.15) is 0 Å². The zero-order chi connectivity index (χ0) is 11.4. The van der Waals surface area contributed by atoms with E-state index in [1.54, 1.807) is 0 Å². The minimum Gasteiger partial charge on any atom is -0.478 e. The van der Waals surface area contributed by atoms with Crippen molar-refractivity contribution in [2.75, 3.05) is 18.2 Å². The average molecular weight is 215 g/mol. The van der Waals surface area contributed by atoms with Crippen LogP contribution < -0.4 is 5.06 Å². The first-order chi connectivity index (χ1) is 7.06. The van der Waals surface area contributed by atoms with Crippen LogP contribution in [0.1, 0.15) is 10.4 Å². The van der Waals surface area contributed by atoms with Crippen LogP contribution in [-0.4, -0.2) is 34.5 Å². The van der Waals surface area contributed by atoms with Gasteiger partial charge < -0.3 is 10.2 Å². The summed E-state index contributed by atoms with van der Waals surface area (Å²) < 4.78 is 12.8. The van der Waals surface area contributed by atoms with Crippen molar-refractivity contribution < 1.29 is 24.6 Å². The number of nitrogens with zero attached hydrogens (tertiary/aromatic N) is 1. The second-order valence-electron chi connectivity index (χ2n) is 2.81. The molecular weight excluding hydrogens is 205 g/mol. The van der Waals surface area contributed by atoms with Gasteiger partial charge in [0.2, 0.25) is 0 Å². The maximum absolute atomic E-state index is 12.8. The first-order valence-corrected chi connectivity index (χ1v) is 4.16. The summed E-state index contributed by atoms with van der Waals surface area (Å²) in [6, 6.07) is 2.92. The number of rotatable bonds is 4. The monoisotopic (exact) mass is 215 g/mol. The molecule has 0 saturated heterocycles. The molecule has 15 heavy (non-hydrogen) atoms. The maximum atomic E-state index is 12.8. The number of carbonyl (C=O) groups is 1. The highest BCUT2D eigenvalue weighted by Gasteiger charge is 2.15. The Hall–Kier alpha value is -1.66. The minimum atomic E-state index is -1.28. The van der Waals surface area contributed by atoms with Crippen molar-refractivity contribution in [2.45, 2.75) is 0 Å². The molecular formula is C9H10FNO4. The molecule has 0 aromatic heterocycles.